The number of hydrogen-bond donors (Lipinski definition) is 1. The molecule has 0 saturated carbocycles. The van der Waals surface area contributed by atoms with Crippen LogP contribution in [0.3, 0.4) is 0 Å². The van der Waals surface area contributed by atoms with Gasteiger partial charge in [0, 0.05) is 25.7 Å². The zero-order valence-electron chi connectivity index (χ0n) is 13.9. The Kier molecular flexibility index (Phi) is 5.78. The number of likely N-dealkylation sites (tertiary alicyclic amines) is 1. The standard InChI is InChI=1S/C16H25N3O3S/c1-4-19-11-9-15(10-12-19)18(3)23(21,22)16-7-5-14(6-8-16)17-13(2)20/h5-8,15H,4,9-12H2,1-3H3,(H,17,20). The first-order valence-electron chi connectivity index (χ1n) is 7.92. The van der Waals surface area contributed by atoms with Crippen LogP contribution in [-0.4, -0.2) is 56.3 Å². The molecule has 1 aromatic carbocycles. The second-order valence-corrected chi connectivity index (χ2v) is 7.89. The molecule has 0 unspecified atom stereocenters. The van der Waals surface area contributed by atoms with E-state index in [4.69, 9.17) is 0 Å². The minimum atomic E-state index is -3.51. The molecule has 23 heavy (non-hydrogen) atoms. The van der Waals surface area contributed by atoms with Crippen molar-refractivity contribution in [3.05, 3.63) is 24.3 Å². The lowest BCUT2D eigenvalue weighted by molar-refractivity contribution is -0.114. The van der Waals surface area contributed by atoms with Crippen LogP contribution in [-0.2, 0) is 14.8 Å². The van der Waals surface area contributed by atoms with E-state index in [9.17, 15) is 13.2 Å². The van der Waals surface area contributed by atoms with E-state index in [0.29, 0.717) is 5.69 Å². The number of nitrogens with zero attached hydrogens (tertiary/aromatic N) is 2. The van der Waals surface area contributed by atoms with Gasteiger partial charge in [-0.05, 0) is 56.7 Å². The molecule has 1 saturated heterocycles. The lowest BCUT2D eigenvalue weighted by Crippen LogP contribution is -2.45. The van der Waals surface area contributed by atoms with Gasteiger partial charge in [0.1, 0.15) is 0 Å². The molecule has 1 heterocycles. The van der Waals surface area contributed by atoms with Crippen LogP contribution in [0, 0.1) is 0 Å². The van der Waals surface area contributed by atoms with Crippen LogP contribution in [0.1, 0.15) is 26.7 Å². The summed E-state index contributed by atoms with van der Waals surface area (Å²) in [6.45, 7) is 6.41. The highest BCUT2D eigenvalue weighted by molar-refractivity contribution is 7.89. The van der Waals surface area contributed by atoms with Gasteiger partial charge in [-0.15, -0.1) is 0 Å². The topological polar surface area (TPSA) is 69.7 Å². The lowest BCUT2D eigenvalue weighted by atomic mass is 10.1. The summed E-state index contributed by atoms with van der Waals surface area (Å²) in [4.78, 5) is 13.6. The van der Waals surface area contributed by atoms with Gasteiger partial charge in [0.25, 0.3) is 0 Å². The van der Waals surface area contributed by atoms with Gasteiger partial charge in [0.2, 0.25) is 15.9 Å². The minimum Gasteiger partial charge on any atom is -0.326 e. The maximum absolute atomic E-state index is 12.7. The summed E-state index contributed by atoms with van der Waals surface area (Å²) in [5.41, 5.74) is 0.593. The highest BCUT2D eigenvalue weighted by atomic mass is 32.2. The van der Waals surface area contributed by atoms with E-state index in [0.717, 1.165) is 32.5 Å². The molecule has 1 N–H and O–H groups in total. The molecular weight excluding hydrogens is 314 g/mol. The van der Waals surface area contributed by atoms with Gasteiger partial charge in [0.05, 0.1) is 4.90 Å². The largest absolute Gasteiger partial charge is 0.326 e. The second-order valence-electron chi connectivity index (χ2n) is 5.89. The molecule has 1 aromatic rings. The summed E-state index contributed by atoms with van der Waals surface area (Å²) >= 11 is 0. The number of anilines is 1. The van der Waals surface area contributed by atoms with Crippen molar-refractivity contribution in [1.82, 2.24) is 9.21 Å². The summed E-state index contributed by atoms with van der Waals surface area (Å²) in [7, 11) is -1.85. The van der Waals surface area contributed by atoms with Crippen LogP contribution in [0.2, 0.25) is 0 Å². The maximum Gasteiger partial charge on any atom is 0.243 e. The van der Waals surface area contributed by atoms with Gasteiger partial charge >= 0.3 is 0 Å². The molecule has 1 aliphatic heterocycles. The Balaban J connectivity index is 2.09. The van der Waals surface area contributed by atoms with Gasteiger partial charge in [-0.1, -0.05) is 6.92 Å². The normalized spacial score (nSPS) is 17.4. The molecule has 0 atom stereocenters. The van der Waals surface area contributed by atoms with E-state index < -0.39 is 10.0 Å². The number of rotatable bonds is 5. The molecular formula is C16H25N3O3S. The van der Waals surface area contributed by atoms with Gasteiger partial charge in [0.15, 0.2) is 0 Å². The molecule has 7 heteroatoms. The molecule has 6 nitrogen and oxygen atoms in total. The second kappa shape index (κ2) is 7.42. The first-order chi connectivity index (χ1) is 10.8. The predicted octanol–water partition coefficient (Wildman–Crippen LogP) is 1.75. The fourth-order valence-corrected chi connectivity index (χ4v) is 4.29. The first-order valence-corrected chi connectivity index (χ1v) is 9.36. The van der Waals surface area contributed by atoms with E-state index in [1.807, 2.05) is 0 Å². The zero-order valence-corrected chi connectivity index (χ0v) is 14.8. The molecule has 0 spiro atoms. The number of piperidine rings is 1. The van der Waals surface area contributed by atoms with E-state index >= 15 is 0 Å². The average molecular weight is 339 g/mol. The maximum atomic E-state index is 12.7. The van der Waals surface area contributed by atoms with Crippen molar-refractivity contribution in [3.63, 3.8) is 0 Å². The Labute approximate surface area is 138 Å². The van der Waals surface area contributed by atoms with Crippen LogP contribution in [0.5, 0.6) is 0 Å². The number of hydrogen-bond acceptors (Lipinski definition) is 4. The summed E-state index contributed by atoms with van der Waals surface area (Å²) in [6, 6.07) is 6.35. The smallest absolute Gasteiger partial charge is 0.243 e. The van der Waals surface area contributed by atoms with Crippen molar-refractivity contribution in [1.29, 1.82) is 0 Å². The van der Waals surface area contributed by atoms with Gasteiger partial charge in [-0.2, -0.15) is 4.31 Å². The summed E-state index contributed by atoms with van der Waals surface area (Å²) in [6.07, 6.45) is 1.71. The van der Waals surface area contributed by atoms with Crippen LogP contribution >= 0.6 is 0 Å². The zero-order chi connectivity index (χ0) is 17.0. The van der Waals surface area contributed by atoms with Crippen LogP contribution in [0.25, 0.3) is 0 Å². The molecule has 1 amide bonds. The van der Waals surface area contributed by atoms with Crippen molar-refractivity contribution in [2.75, 3.05) is 32.0 Å². The Morgan fingerprint density at radius 3 is 2.30 bits per heavy atom. The van der Waals surface area contributed by atoms with E-state index in [1.165, 1.54) is 23.4 Å². The van der Waals surface area contributed by atoms with Crippen molar-refractivity contribution in [3.8, 4) is 0 Å². The molecule has 1 fully saturated rings. The Morgan fingerprint density at radius 2 is 1.83 bits per heavy atom. The predicted molar refractivity (Wildman–Crippen MR) is 90.8 cm³/mol. The first kappa shape index (κ1) is 17.9. The van der Waals surface area contributed by atoms with Gasteiger partial charge in [-0.25, -0.2) is 8.42 Å². The minimum absolute atomic E-state index is 0.0396. The van der Waals surface area contributed by atoms with Crippen molar-refractivity contribution in [2.45, 2.75) is 37.6 Å². The Morgan fingerprint density at radius 1 is 1.26 bits per heavy atom. The molecule has 0 aromatic heterocycles. The number of nitrogens with one attached hydrogen (secondary N) is 1. The number of sulfonamides is 1. The fourth-order valence-electron chi connectivity index (χ4n) is 2.88. The highest BCUT2D eigenvalue weighted by Crippen LogP contribution is 2.23. The van der Waals surface area contributed by atoms with Gasteiger partial charge < -0.3 is 10.2 Å². The summed E-state index contributed by atoms with van der Waals surface area (Å²) in [5.74, 6) is -0.180. The average Bonchev–Trinajstić information content (AvgIpc) is 2.54. The molecule has 2 rings (SSSR count). The monoisotopic (exact) mass is 339 g/mol. The van der Waals surface area contributed by atoms with Crippen molar-refractivity contribution in [2.24, 2.45) is 0 Å². The lowest BCUT2D eigenvalue weighted by Gasteiger charge is -2.35. The quantitative estimate of drug-likeness (QED) is 0.887. The van der Waals surface area contributed by atoms with E-state index in [1.54, 1.807) is 19.2 Å². The molecule has 0 bridgehead atoms. The molecule has 0 aliphatic carbocycles. The Bertz CT molecular complexity index is 635. The summed E-state index contributed by atoms with van der Waals surface area (Å²) in [5, 5.41) is 2.63. The highest BCUT2D eigenvalue weighted by Gasteiger charge is 2.30. The molecule has 0 radical (unpaired) electrons. The number of amides is 1. The summed E-state index contributed by atoms with van der Waals surface area (Å²) < 4.78 is 27.0. The molecule has 128 valence electrons. The molecule has 1 aliphatic rings. The van der Waals surface area contributed by atoms with Crippen molar-refractivity contribution >= 4 is 21.6 Å². The fraction of sp³-hybridized carbons (Fsp3) is 0.562. The van der Waals surface area contributed by atoms with Gasteiger partial charge in [-0.3, -0.25) is 4.79 Å². The number of carbonyl (C=O) groups excluding carboxylic acids is 1. The Hall–Kier alpha value is -1.44. The SMILES string of the molecule is CCN1CCC(N(C)S(=O)(=O)c2ccc(NC(C)=O)cc2)CC1. The number of carbonyl (C=O) groups is 1. The third kappa shape index (κ3) is 4.31. The van der Waals surface area contributed by atoms with Crippen molar-refractivity contribution < 1.29 is 13.2 Å². The van der Waals surface area contributed by atoms with Crippen LogP contribution in [0.15, 0.2) is 29.2 Å². The van der Waals surface area contributed by atoms with E-state index in [2.05, 4.69) is 17.1 Å². The number of benzene rings is 1. The third-order valence-corrected chi connectivity index (χ3v) is 6.29. The van der Waals surface area contributed by atoms with Crippen LogP contribution < -0.4 is 5.32 Å². The van der Waals surface area contributed by atoms with Crippen LogP contribution in [0.4, 0.5) is 5.69 Å². The van der Waals surface area contributed by atoms with E-state index in [-0.39, 0.29) is 16.8 Å². The third-order valence-electron chi connectivity index (χ3n) is 4.37.